The number of aryl methyl sites for hydroxylation is 2. The lowest BCUT2D eigenvalue weighted by Gasteiger charge is -2.35. The van der Waals surface area contributed by atoms with Crippen molar-refractivity contribution < 1.29 is 9.59 Å². The second kappa shape index (κ2) is 7.95. The molecule has 0 bridgehead atoms. The molecule has 0 radical (unpaired) electrons. The SMILES string of the molecule is Cc1ccc2[nH]c(C)c(CC(=O)N3CCN(CC(=O)N4CCCC4)CC3)c2c1. The summed E-state index contributed by atoms with van der Waals surface area (Å²) in [6.45, 7) is 9.37. The van der Waals surface area contributed by atoms with Crippen LogP contribution in [0.15, 0.2) is 18.2 Å². The number of carbonyl (C=O) groups excluding carboxylic acids is 2. The van der Waals surface area contributed by atoms with Gasteiger partial charge in [0, 0.05) is 55.9 Å². The van der Waals surface area contributed by atoms with Gasteiger partial charge in [-0.25, -0.2) is 0 Å². The van der Waals surface area contributed by atoms with Crippen LogP contribution < -0.4 is 0 Å². The minimum atomic E-state index is 0.177. The third-order valence-electron chi connectivity index (χ3n) is 6.15. The lowest BCUT2D eigenvalue weighted by Crippen LogP contribution is -2.51. The van der Waals surface area contributed by atoms with Crippen molar-refractivity contribution in [1.82, 2.24) is 19.7 Å². The highest BCUT2D eigenvalue weighted by Crippen LogP contribution is 2.24. The molecule has 0 atom stereocenters. The first-order valence-corrected chi connectivity index (χ1v) is 10.4. The monoisotopic (exact) mass is 382 g/mol. The quantitative estimate of drug-likeness (QED) is 0.881. The standard InChI is InChI=1S/C22H30N4O2/c1-16-5-6-20-19(13-16)18(17(2)23-20)14-21(27)26-11-9-24(10-12-26)15-22(28)25-7-3-4-8-25/h5-6,13,23H,3-4,7-12,14-15H2,1-2H3. The molecule has 1 aromatic heterocycles. The van der Waals surface area contributed by atoms with Crippen molar-refractivity contribution >= 4 is 22.7 Å². The lowest BCUT2D eigenvalue weighted by molar-refractivity contribution is -0.134. The Labute approximate surface area is 166 Å². The highest BCUT2D eigenvalue weighted by atomic mass is 16.2. The van der Waals surface area contributed by atoms with E-state index >= 15 is 0 Å². The topological polar surface area (TPSA) is 59.7 Å². The summed E-state index contributed by atoms with van der Waals surface area (Å²) in [4.78, 5) is 34.7. The summed E-state index contributed by atoms with van der Waals surface area (Å²) in [5, 5.41) is 1.15. The molecular weight excluding hydrogens is 352 g/mol. The summed E-state index contributed by atoms with van der Waals surface area (Å²) in [5.74, 6) is 0.415. The third-order valence-corrected chi connectivity index (χ3v) is 6.15. The molecular formula is C22H30N4O2. The zero-order valence-electron chi connectivity index (χ0n) is 17.0. The largest absolute Gasteiger partial charge is 0.358 e. The van der Waals surface area contributed by atoms with Crippen LogP contribution in [0.3, 0.4) is 0 Å². The fraction of sp³-hybridized carbons (Fsp3) is 0.545. The maximum atomic E-state index is 12.9. The molecule has 6 heteroatoms. The summed E-state index contributed by atoms with van der Waals surface area (Å²) in [5.41, 5.74) is 4.48. The number of rotatable bonds is 4. The molecule has 150 valence electrons. The molecule has 2 saturated heterocycles. The smallest absolute Gasteiger partial charge is 0.236 e. The molecule has 1 aromatic carbocycles. The van der Waals surface area contributed by atoms with E-state index < -0.39 is 0 Å². The van der Waals surface area contributed by atoms with Crippen LogP contribution in [0.4, 0.5) is 0 Å². The van der Waals surface area contributed by atoms with Crippen molar-refractivity contribution in [1.29, 1.82) is 0 Å². The fourth-order valence-corrected chi connectivity index (χ4v) is 4.40. The van der Waals surface area contributed by atoms with Gasteiger partial charge < -0.3 is 14.8 Å². The van der Waals surface area contributed by atoms with Gasteiger partial charge in [0.15, 0.2) is 0 Å². The van der Waals surface area contributed by atoms with Crippen LogP contribution in [0.5, 0.6) is 0 Å². The number of likely N-dealkylation sites (tertiary alicyclic amines) is 1. The number of nitrogens with one attached hydrogen (secondary N) is 1. The average molecular weight is 383 g/mol. The summed E-state index contributed by atoms with van der Waals surface area (Å²) in [7, 11) is 0. The first kappa shape index (κ1) is 19.0. The molecule has 0 unspecified atom stereocenters. The predicted octanol–water partition coefficient (Wildman–Crippen LogP) is 2.09. The van der Waals surface area contributed by atoms with E-state index in [9.17, 15) is 9.59 Å². The lowest BCUT2D eigenvalue weighted by atomic mass is 10.0. The van der Waals surface area contributed by atoms with E-state index in [4.69, 9.17) is 0 Å². The van der Waals surface area contributed by atoms with E-state index in [1.807, 2.05) is 16.7 Å². The Morgan fingerprint density at radius 2 is 1.61 bits per heavy atom. The van der Waals surface area contributed by atoms with Crippen LogP contribution >= 0.6 is 0 Å². The normalized spacial score (nSPS) is 18.2. The number of H-pyrrole nitrogens is 1. The molecule has 6 nitrogen and oxygen atoms in total. The molecule has 1 N–H and O–H groups in total. The molecule has 2 amide bonds. The second-order valence-corrected chi connectivity index (χ2v) is 8.20. The molecule has 0 spiro atoms. The van der Waals surface area contributed by atoms with Gasteiger partial charge in [0.25, 0.3) is 0 Å². The van der Waals surface area contributed by atoms with Gasteiger partial charge in [-0.15, -0.1) is 0 Å². The van der Waals surface area contributed by atoms with Gasteiger partial charge in [0.2, 0.25) is 11.8 Å². The zero-order valence-corrected chi connectivity index (χ0v) is 17.0. The number of hydrogen-bond donors (Lipinski definition) is 1. The molecule has 3 heterocycles. The predicted molar refractivity (Wildman–Crippen MR) is 110 cm³/mol. The highest BCUT2D eigenvalue weighted by Gasteiger charge is 2.26. The van der Waals surface area contributed by atoms with Crippen LogP contribution in [-0.4, -0.2) is 77.3 Å². The zero-order chi connectivity index (χ0) is 19.7. The number of aromatic nitrogens is 1. The van der Waals surface area contributed by atoms with E-state index in [-0.39, 0.29) is 11.8 Å². The maximum Gasteiger partial charge on any atom is 0.236 e. The maximum absolute atomic E-state index is 12.9. The Hall–Kier alpha value is -2.34. The summed E-state index contributed by atoms with van der Waals surface area (Å²) >= 11 is 0. The molecule has 4 rings (SSSR count). The molecule has 0 saturated carbocycles. The summed E-state index contributed by atoms with van der Waals surface area (Å²) in [6, 6.07) is 6.33. The van der Waals surface area contributed by atoms with Gasteiger partial charge in [-0.1, -0.05) is 11.6 Å². The average Bonchev–Trinajstić information content (AvgIpc) is 3.32. The third kappa shape index (κ3) is 3.92. The number of amides is 2. The minimum absolute atomic E-state index is 0.177. The number of nitrogens with zero attached hydrogens (tertiary/aromatic N) is 3. The molecule has 28 heavy (non-hydrogen) atoms. The Morgan fingerprint density at radius 1 is 0.929 bits per heavy atom. The number of benzene rings is 1. The van der Waals surface area contributed by atoms with Crippen LogP contribution in [0.2, 0.25) is 0 Å². The Balaban J connectivity index is 1.34. The fourth-order valence-electron chi connectivity index (χ4n) is 4.40. The molecule has 2 aromatic rings. The van der Waals surface area contributed by atoms with Crippen molar-refractivity contribution in [2.75, 3.05) is 45.8 Å². The van der Waals surface area contributed by atoms with Gasteiger partial charge in [0.05, 0.1) is 13.0 Å². The van der Waals surface area contributed by atoms with Crippen LogP contribution in [0.25, 0.3) is 10.9 Å². The molecule has 0 aliphatic carbocycles. The summed E-state index contributed by atoms with van der Waals surface area (Å²) < 4.78 is 0. The van der Waals surface area contributed by atoms with Crippen molar-refractivity contribution in [3.63, 3.8) is 0 Å². The van der Waals surface area contributed by atoms with Crippen molar-refractivity contribution in [2.24, 2.45) is 0 Å². The Bertz CT molecular complexity index is 874. The Morgan fingerprint density at radius 3 is 2.32 bits per heavy atom. The number of fused-ring (bicyclic) bond motifs is 1. The van der Waals surface area contributed by atoms with Gasteiger partial charge in [-0.05, 0) is 44.4 Å². The van der Waals surface area contributed by atoms with Crippen LogP contribution in [-0.2, 0) is 16.0 Å². The molecule has 2 aliphatic rings. The molecule has 2 aliphatic heterocycles. The van der Waals surface area contributed by atoms with E-state index in [0.29, 0.717) is 26.1 Å². The van der Waals surface area contributed by atoms with Gasteiger partial charge >= 0.3 is 0 Å². The van der Waals surface area contributed by atoms with Gasteiger partial charge in [-0.2, -0.15) is 0 Å². The number of piperazine rings is 1. The highest BCUT2D eigenvalue weighted by molar-refractivity contribution is 5.90. The van der Waals surface area contributed by atoms with Crippen LogP contribution in [0.1, 0.15) is 29.7 Å². The first-order valence-electron chi connectivity index (χ1n) is 10.4. The van der Waals surface area contributed by atoms with Crippen molar-refractivity contribution in [3.8, 4) is 0 Å². The second-order valence-electron chi connectivity index (χ2n) is 8.20. The van der Waals surface area contributed by atoms with E-state index in [0.717, 1.165) is 61.2 Å². The van der Waals surface area contributed by atoms with E-state index in [1.54, 1.807) is 0 Å². The van der Waals surface area contributed by atoms with Gasteiger partial charge in [0.1, 0.15) is 0 Å². The molecule has 2 fully saturated rings. The van der Waals surface area contributed by atoms with Gasteiger partial charge in [-0.3, -0.25) is 14.5 Å². The van der Waals surface area contributed by atoms with Crippen molar-refractivity contribution in [2.45, 2.75) is 33.1 Å². The number of carbonyl (C=O) groups is 2. The first-order chi connectivity index (χ1) is 13.5. The van der Waals surface area contributed by atoms with Crippen LogP contribution in [0, 0.1) is 13.8 Å². The van der Waals surface area contributed by atoms with E-state index in [1.165, 1.54) is 5.56 Å². The van der Waals surface area contributed by atoms with E-state index in [2.05, 4.69) is 35.0 Å². The summed E-state index contributed by atoms with van der Waals surface area (Å²) in [6.07, 6.45) is 2.68. The number of hydrogen-bond acceptors (Lipinski definition) is 3. The Kier molecular flexibility index (Phi) is 5.40. The number of aromatic amines is 1. The minimum Gasteiger partial charge on any atom is -0.358 e. The van der Waals surface area contributed by atoms with Crippen molar-refractivity contribution in [3.05, 3.63) is 35.0 Å².